The number of anilines is 1. The van der Waals surface area contributed by atoms with E-state index in [4.69, 9.17) is 25.8 Å². The predicted molar refractivity (Wildman–Crippen MR) is 214 cm³/mol. The van der Waals surface area contributed by atoms with Crippen LogP contribution in [0.25, 0.3) is 0 Å². The molecule has 55 heavy (non-hydrogen) atoms. The number of hydrogen-bond donors (Lipinski definition) is 2. The number of nitrogens with zero attached hydrogens (tertiary/aromatic N) is 4. The van der Waals surface area contributed by atoms with Gasteiger partial charge in [-0.3, -0.25) is 19.0 Å². The van der Waals surface area contributed by atoms with Gasteiger partial charge in [0.25, 0.3) is 11.8 Å². The summed E-state index contributed by atoms with van der Waals surface area (Å²) < 4.78 is 42.6. The molecule has 2 amide bonds. The number of ether oxygens (including phenoxy) is 3. The maximum Gasteiger partial charge on any atom is 0.286 e. The Morgan fingerprint density at radius 1 is 1.16 bits per heavy atom. The third-order valence-electron chi connectivity index (χ3n) is 11.9. The number of rotatable bonds is 7. The van der Waals surface area contributed by atoms with E-state index in [0.29, 0.717) is 43.7 Å². The van der Waals surface area contributed by atoms with Crippen LogP contribution >= 0.6 is 11.6 Å². The van der Waals surface area contributed by atoms with Crippen molar-refractivity contribution in [2.24, 2.45) is 29.2 Å². The number of aromatic nitrogens is 2. The van der Waals surface area contributed by atoms with E-state index in [9.17, 15) is 13.8 Å². The van der Waals surface area contributed by atoms with Gasteiger partial charge in [0.1, 0.15) is 15.7 Å². The molecular weight excluding hydrogens is 740 g/mol. The zero-order valence-electron chi connectivity index (χ0n) is 32.4. The minimum Gasteiger partial charge on any atom is -0.490 e. The Labute approximate surface area is 329 Å². The number of fused-ring (bicyclic) bond motifs is 4. The van der Waals surface area contributed by atoms with Gasteiger partial charge in [-0.25, -0.2) is 4.21 Å². The molecule has 14 heteroatoms. The highest BCUT2D eigenvalue weighted by Gasteiger charge is 2.44. The van der Waals surface area contributed by atoms with Crippen LogP contribution in [0.15, 0.2) is 59.1 Å². The van der Waals surface area contributed by atoms with Gasteiger partial charge in [-0.15, -0.1) is 4.36 Å². The lowest BCUT2D eigenvalue weighted by Gasteiger charge is -2.46. The first-order valence-corrected chi connectivity index (χ1v) is 21.4. The molecule has 2 bridgehead atoms. The van der Waals surface area contributed by atoms with E-state index in [2.05, 4.69) is 42.6 Å². The van der Waals surface area contributed by atoms with E-state index >= 15 is 0 Å². The maximum absolute atomic E-state index is 14.9. The summed E-state index contributed by atoms with van der Waals surface area (Å²) in [5.74, 6) is -0.567. The molecule has 2 aromatic carbocycles. The molecular formula is C41H53ClN6O6S. The van der Waals surface area contributed by atoms with Crippen molar-refractivity contribution >= 4 is 39.0 Å². The van der Waals surface area contributed by atoms with E-state index < -0.39 is 33.8 Å². The Morgan fingerprint density at radius 3 is 2.71 bits per heavy atom. The SMILES string of the molecule is CNCCO[C@H]1/C=C/[C@H](OC)[C@@H]2CC[C@H]2CN2C[C@@]3(CCCc4cc(Cl)ccc43)COc3ccc(cc32)C(=O)N=S(=O)(NC(=O)c2cn(C)nc2C)C[C@H]1C. The van der Waals surface area contributed by atoms with Crippen molar-refractivity contribution in [2.45, 2.75) is 63.6 Å². The van der Waals surface area contributed by atoms with Gasteiger partial charge in [0, 0.05) is 61.9 Å². The fraction of sp³-hybridized carbons (Fsp3) is 0.537. The molecule has 1 spiro atoms. The number of likely N-dealkylation sites (N-methyl/N-ethyl adjacent to an activating group) is 1. The number of hydrogen-bond acceptors (Lipinski definition) is 9. The Kier molecular flexibility index (Phi) is 11.8. The van der Waals surface area contributed by atoms with Gasteiger partial charge >= 0.3 is 0 Å². The second-order valence-corrected chi connectivity index (χ2v) is 18.2. The van der Waals surface area contributed by atoms with Gasteiger partial charge in [0.05, 0.1) is 48.1 Å². The lowest BCUT2D eigenvalue weighted by Crippen LogP contribution is -2.49. The molecule has 12 nitrogen and oxygen atoms in total. The molecule has 7 rings (SSSR count). The van der Waals surface area contributed by atoms with Gasteiger partial charge < -0.3 is 24.4 Å². The van der Waals surface area contributed by atoms with Crippen molar-refractivity contribution in [3.05, 3.63) is 87.7 Å². The summed E-state index contributed by atoms with van der Waals surface area (Å²) in [5, 5.41) is 8.12. The molecule has 1 fully saturated rings. The molecule has 0 saturated heterocycles. The van der Waals surface area contributed by atoms with Gasteiger partial charge in [0.15, 0.2) is 0 Å². The molecule has 296 valence electrons. The quantitative estimate of drug-likeness (QED) is 0.230. The zero-order valence-corrected chi connectivity index (χ0v) is 34.0. The minimum atomic E-state index is -3.69. The van der Waals surface area contributed by atoms with Gasteiger partial charge in [-0.05, 0) is 99.4 Å². The van der Waals surface area contributed by atoms with Crippen LogP contribution in [0.2, 0.25) is 5.02 Å². The third-order valence-corrected chi connectivity index (χ3v) is 14.0. The zero-order chi connectivity index (χ0) is 38.9. The van der Waals surface area contributed by atoms with E-state index in [1.807, 2.05) is 38.2 Å². The molecule has 0 radical (unpaired) electrons. The number of amides is 2. The van der Waals surface area contributed by atoms with Crippen LogP contribution < -0.4 is 19.7 Å². The standard InChI is InChI=1S/C41H53ClN6O6S/c1-26-23-55(51,46-40(50)33-22-47(4)44-27(33)2)45-39(49)29-9-13-38-35(20-29)48(24-41(25-54-38)16-6-7-28-19-31(42)10-12-34(28)41)21-30-8-11-32(30)37(52-5)15-14-36(26)53-18-17-43-3/h9-10,12-15,19-20,22,26,30,32,36-37,43H,6-8,11,16-18,21,23-25H2,1-5H3,(H,45,46,49,50,51)/b15-14+/t26-,30+,32-,36+,37+,41+,55?/m1/s1. The molecule has 2 aliphatic heterocycles. The Bertz CT molecular complexity index is 2080. The molecule has 4 aliphatic rings. The largest absolute Gasteiger partial charge is 0.490 e. The monoisotopic (exact) mass is 792 g/mol. The Balaban J connectivity index is 1.33. The molecule has 7 atom stereocenters. The summed E-state index contributed by atoms with van der Waals surface area (Å²) in [7, 11) is 1.62. The lowest BCUT2D eigenvalue weighted by atomic mass is 9.68. The van der Waals surface area contributed by atoms with Crippen molar-refractivity contribution in [3.8, 4) is 5.75 Å². The summed E-state index contributed by atoms with van der Waals surface area (Å²) in [4.78, 5) is 30.3. The van der Waals surface area contributed by atoms with Crippen molar-refractivity contribution < 1.29 is 28.0 Å². The fourth-order valence-electron chi connectivity index (χ4n) is 8.87. The van der Waals surface area contributed by atoms with E-state index in [1.54, 1.807) is 33.3 Å². The number of methoxy groups -OCH3 is 1. The van der Waals surface area contributed by atoms with E-state index in [0.717, 1.165) is 49.4 Å². The highest BCUT2D eigenvalue weighted by molar-refractivity contribution is 7.92. The highest BCUT2D eigenvalue weighted by Crippen LogP contribution is 2.47. The molecule has 3 aromatic rings. The van der Waals surface area contributed by atoms with Gasteiger partial charge in [-0.2, -0.15) is 5.10 Å². The van der Waals surface area contributed by atoms with Crippen LogP contribution in [0.3, 0.4) is 0 Å². The smallest absolute Gasteiger partial charge is 0.286 e. The molecule has 2 aliphatic carbocycles. The first kappa shape index (κ1) is 39.5. The lowest BCUT2D eigenvalue weighted by molar-refractivity contribution is 0.0110. The average molecular weight is 793 g/mol. The summed E-state index contributed by atoms with van der Waals surface area (Å²) >= 11 is 6.48. The number of nitrogens with one attached hydrogen (secondary N) is 2. The highest BCUT2D eigenvalue weighted by atomic mass is 35.5. The molecule has 1 unspecified atom stereocenters. The number of carbonyl (C=O) groups is 2. The van der Waals surface area contributed by atoms with E-state index in [-0.39, 0.29) is 34.3 Å². The van der Waals surface area contributed by atoms with Crippen LogP contribution in [0.1, 0.15) is 70.1 Å². The van der Waals surface area contributed by atoms with Crippen LogP contribution in [0.4, 0.5) is 5.69 Å². The molecule has 3 heterocycles. The molecule has 1 aromatic heterocycles. The summed E-state index contributed by atoms with van der Waals surface area (Å²) in [6, 6.07) is 11.5. The normalized spacial score (nSPS) is 29.9. The fourth-order valence-corrected chi connectivity index (χ4v) is 10.9. The van der Waals surface area contributed by atoms with Crippen molar-refractivity contribution in [2.75, 3.05) is 57.7 Å². The van der Waals surface area contributed by atoms with Crippen LogP contribution in [0, 0.1) is 24.7 Å². The van der Waals surface area contributed by atoms with Gasteiger partial charge in [0.2, 0.25) is 0 Å². The second-order valence-electron chi connectivity index (χ2n) is 15.7. The summed E-state index contributed by atoms with van der Waals surface area (Å²) in [5.41, 5.74) is 4.01. The van der Waals surface area contributed by atoms with Gasteiger partial charge in [-0.1, -0.05) is 36.7 Å². The Hall–Kier alpha value is -3.75. The van der Waals surface area contributed by atoms with Crippen molar-refractivity contribution in [1.29, 1.82) is 0 Å². The molecule has 1 saturated carbocycles. The van der Waals surface area contributed by atoms with Crippen LogP contribution in [-0.4, -0.2) is 90.8 Å². The number of aryl methyl sites for hydroxylation is 3. The topological polar surface area (TPSA) is 136 Å². The summed E-state index contributed by atoms with van der Waals surface area (Å²) in [6.45, 7) is 6.54. The summed E-state index contributed by atoms with van der Waals surface area (Å²) in [6.07, 6.45) is 9.97. The van der Waals surface area contributed by atoms with Crippen molar-refractivity contribution in [1.82, 2.24) is 19.8 Å². The second kappa shape index (κ2) is 16.4. The average Bonchev–Trinajstić information content (AvgIpc) is 3.41. The van der Waals surface area contributed by atoms with Crippen LogP contribution in [-0.2, 0) is 38.3 Å². The third kappa shape index (κ3) is 8.37. The number of carbonyl (C=O) groups excluding carboxylic acids is 2. The number of benzene rings is 2. The first-order chi connectivity index (χ1) is 26.4. The van der Waals surface area contributed by atoms with E-state index in [1.165, 1.54) is 15.8 Å². The first-order valence-electron chi connectivity index (χ1n) is 19.3. The number of halogens is 1. The predicted octanol–water partition coefficient (Wildman–Crippen LogP) is 5.66. The molecule has 2 N–H and O–H groups in total. The van der Waals surface area contributed by atoms with Crippen molar-refractivity contribution in [3.63, 3.8) is 0 Å². The van der Waals surface area contributed by atoms with Crippen LogP contribution in [0.5, 0.6) is 5.75 Å². The Morgan fingerprint density at radius 2 is 1.98 bits per heavy atom. The minimum absolute atomic E-state index is 0.131. The maximum atomic E-state index is 14.9.